The Hall–Kier alpha value is -1.70. The Morgan fingerprint density at radius 1 is 1.21 bits per heavy atom. The van der Waals surface area contributed by atoms with Gasteiger partial charge in [0.15, 0.2) is 0 Å². The van der Waals surface area contributed by atoms with E-state index in [4.69, 9.17) is 30.4 Å². The number of hydrogen-bond acceptors (Lipinski definition) is 5. The summed E-state index contributed by atoms with van der Waals surface area (Å²) in [7, 11) is 0.954. The molecular formula is C21H31BClNO5. The Bertz CT molecular complexity index is 770. The second-order valence-corrected chi connectivity index (χ2v) is 9.46. The molecule has 1 aromatic rings. The zero-order valence-electron chi connectivity index (χ0n) is 18.5. The van der Waals surface area contributed by atoms with Crippen LogP contribution in [-0.4, -0.2) is 43.7 Å². The summed E-state index contributed by atoms with van der Waals surface area (Å²) in [4.78, 5) is 12.2. The molecule has 0 bridgehead atoms. The van der Waals surface area contributed by atoms with Crippen molar-refractivity contribution in [3.05, 3.63) is 34.3 Å². The van der Waals surface area contributed by atoms with Crippen LogP contribution in [0.3, 0.4) is 0 Å². The number of ether oxygens (including phenoxy) is 2. The fraction of sp³-hybridized carbons (Fsp3) is 0.571. The van der Waals surface area contributed by atoms with Crippen LogP contribution in [0, 0.1) is 0 Å². The van der Waals surface area contributed by atoms with Gasteiger partial charge in [0.25, 0.3) is 0 Å². The van der Waals surface area contributed by atoms with Gasteiger partial charge in [-0.2, -0.15) is 0 Å². The summed E-state index contributed by atoms with van der Waals surface area (Å²) in [6.07, 6.45) is 1.35. The number of benzene rings is 1. The lowest BCUT2D eigenvalue weighted by atomic mass is 9.77. The Balaban J connectivity index is 2.30. The molecule has 0 saturated carbocycles. The van der Waals surface area contributed by atoms with Gasteiger partial charge in [-0.3, -0.25) is 0 Å². The number of carbonyl (C=O) groups excluding carboxylic acids is 1. The van der Waals surface area contributed by atoms with Crippen LogP contribution < -0.4 is 10.1 Å². The van der Waals surface area contributed by atoms with E-state index in [-0.39, 0.29) is 6.54 Å². The van der Waals surface area contributed by atoms with Crippen molar-refractivity contribution in [2.75, 3.05) is 13.7 Å². The van der Waals surface area contributed by atoms with Gasteiger partial charge in [-0.1, -0.05) is 17.7 Å². The molecule has 6 nitrogen and oxygen atoms in total. The minimum absolute atomic E-state index is 0.189. The lowest BCUT2D eigenvalue weighted by molar-refractivity contribution is 0.00578. The zero-order chi connectivity index (χ0) is 22.0. The molecule has 2 rings (SSSR count). The summed E-state index contributed by atoms with van der Waals surface area (Å²) in [5.41, 5.74) is -0.110. The number of hydrogen-bond donors (Lipinski definition) is 1. The maximum absolute atomic E-state index is 12.2. The first-order valence-corrected chi connectivity index (χ1v) is 9.98. The predicted octanol–water partition coefficient (Wildman–Crippen LogP) is 4.89. The van der Waals surface area contributed by atoms with E-state index in [9.17, 15) is 4.79 Å². The maximum atomic E-state index is 12.2. The summed E-state index contributed by atoms with van der Waals surface area (Å²) in [5.74, 6) is 0.663. The number of nitrogens with one attached hydrogen (secondary N) is 1. The lowest BCUT2D eigenvalue weighted by Gasteiger charge is -2.32. The van der Waals surface area contributed by atoms with Gasteiger partial charge in [-0.25, -0.2) is 4.79 Å². The average Bonchev–Trinajstić information content (AvgIpc) is 2.78. The molecule has 1 heterocycles. The Morgan fingerprint density at radius 3 is 2.28 bits per heavy atom. The minimum Gasteiger partial charge on any atom is -0.497 e. The largest absolute Gasteiger partial charge is 0.497 e. The van der Waals surface area contributed by atoms with E-state index < -0.39 is 30.0 Å². The SMILES string of the molecule is COc1ccc(C=C(CNC(=O)OC(C)(C)C)B2OC(C)(C)C(C)(C)O2)c(Cl)c1. The van der Waals surface area contributed by atoms with E-state index in [2.05, 4.69) is 5.32 Å². The zero-order valence-corrected chi connectivity index (χ0v) is 19.3. The van der Waals surface area contributed by atoms with Gasteiger partial charge in [0, 0.05) is 6.54 Å². The molecule has 0 aromatic heterocycles. The second kappa shape index (κ2) is 8.58. The summed E-state index contributed by atoms with van der Waals surface area (Å²) >= 11 is 6.40. The van der Waals surface area contributed by atoms with Gasteiger partial charge in [-0.05, 0) is 77.7 Å². The molecule has 8 heteroatoms. The molecule has 0 aliphatic carbocycles. The van der Waals surface area contributed by atoms with Gasteiger partial charge in [-0.15, -0.1) is 0 Å². The van der Waals surface area contributed by atoms with Crippen LogP contribution in [0.2, 0.25) is 5.02 Å². The highest BCUT2D eigenvalue weighted by atomic mass is 35.5. The second-order valence-electron chi connectivity index (χ2n) is 9.05. The molecule has 0 atom stereocenters. The summed E-state index contributed by atoms with van der Waals surface area (Å²) in [5, 5.41) is 3.30. The third-order valence-electron chi connectivity index (χ3n) is 4.94. The van der Waals surface area contributed by atoms with E-state index in [0.717, 1.165) is 11.0 Å². The Morgan fingerprint density at radius 2 is 1.79 bits per heavy atom. The highest BCUT2D eigenvalue weighted by Gasteiger charge is 2.52. The molecule has 29 heavy (non-hydrogen) atoms. The van der Waals surface area contributed by atoms with E-state index in [1.165, 1.54) is 0 Å². The fourth-order valence-corrected chi connectivity index (χ4v) is 2.86. The normalized spacial score (nSPS) is 18.5. The van der Waals surface area contributed by atoms with Crippen molar-refractivity contribution in [1.29, 1.82) is 0 Å². The molecule has 1 saturated heterocycles. The third-order valence-corrected chi connectivity index (χ3v) is 5.27. The highest BCUT2D eigenvalue weighted by molar-refractivity contribution is 6.56. The monoisotopic (exact) mass is 423 g/mol. The molecule has 0 radical (unpaired) electrons. The molecule has 1 aromatic carbocycles. The molecule has 1 N–H and O–H groups in total. The fourth-order valence-electron chi connectivity index (χ4n) is 2.64. The van der Waals surface area contributed by atoms with Gasteiger partial charge in [0.2, 0.25) is 0 Å². The minimum atomic E-state index is -0.631. The van der Waals surface area contributed by atoms with Crippen molar-refractivity contribution < 1.29 is 23.6 Å². The first-order chi connectivity index (χ1) is 13.2. The molecule has 160 valence electrons. The molecule has 1 aliphatic rings. The van der Waals surface area contributed by atoms with Gasteiger partial charge in [0.1, 0.15) is 11.4 Å². The maximum Gasteiger partial charge on any atom is 0.492 e. The smallest absolute Gasteiger partial charge is 0.492 e. The van der Waals surface area contributed by atoms with E-state index in [1.807, 2.05) is 66.7 Å². The molecule has 1 fully saturated rings. The standard InChI is InChI=1S/C21H31BClNO5/c1-19(2,3)27-18(25)24-13-15(22-28-20(4,5)21(6,7)29-22)11-14-9-10-16(26-8)12-17(14)23/h9-12H,13H2,1-8H3,(H,24,25). The first-order valence-electron chi connectivity index (χ1n) is 9.60. The van der Waals surface area contributed by atoms with Crippen molar-refractivity contribution in [3.63, 3.8) is 0 Å². The molecular weight excluding hydrogens is 392 g/mol. The quantitative estimate of drug-likeness (QED) is 0.683. The average molecular weight is 424 g/mol. The van der Waals surface area contributed by atoms with Crippen LogP contribution in [0.1, 0.15) is 54.0 Å². The van der Waals surface area contributed by atoms with Crippen molar-refractivity contribution in [2.24, 2.45) is 0 Å². The molecule has 1 aliphatic heterocycles. The van der Waals surface area contributed by atoms with Crippen LogP contribution in [0.25, 0.3) is 6.08 Å². The van der Waals surface area contributed by atoms with Gasteiger partial charge in [0.05, 0.1) is 23.3 Å². The van der Waals surface area contributed by atoms with Crippen LogP contribution in [0.15, 0.2) is 23.7 Å². The van der Waals surface area contributed by atoms with Crippen LogP contribution in [-0.2, 0) is 14.0 Å². The van der Waals surface area contributed by atoms with Gasteiger partial charge >= 0.3 is 13.2 Å². The summed E-state index contributed by atoms with van der Waals surface area (Å²) in [6, 6.07) is 5.40. The van der Waals surface area contributed by atoms with E-state index in [0.29, 0.717) is 10.8 Å². The number of alkyl carbamates (subject to hydrolysis) is 1. The molecule has 0 unspecified atom stereocenters. The van der Waals surface area contributed by atoms with E-state index in [1.54, 1.807) is 13.2 Å². The van der Waals surface area contributed by atoms with Crippen molar-refractivity contribution in [3.8, 4) is 5.75 Å². The van der Waals surface area contributed by atoms with Crippen LogP contribution >= 0.6 is 11.6 Å². The molecule has 1 amide bonds. The third kappa shape index (κ3) is 6.14. The lowest BCUT2D eigenvalue weighted by Crippen LogP contribution is -2.41. The topological polar surface area (TPSA) is 66.0 Å². The van der Waals surface area contributed by atoms with E-state index >= 15 is 0 Å². The van der Waals surface area contributed by atoms with Crippen molar-refractivity contribution >= 4 is 30.9 Å². The van der Waals surface area contributed by atoms with Crippen molar-refractivity contribution in [2.45, 2.75) is 65.3 Å². The number of rotatable bonds is 5. The van der Waals surface area contributed by atoms with Crippen molar-refractivity contribution in [1.82, 2.24) is 5.32 Å². The Kier molecular flexibility index (Phi) is 6.98. The first kappa shape index (κ1) is 23.6. The molecule has 0 spiro atoms. The summed E-state index contributed by atoms with van der Waals surface area (Å²) < 4.78 is 22.9. The summed E-state index contributed by atoms with van der Waals surface area (Å²) in [6.45, 7) is 13.5. The van der Waals surface area contributed by atoms with Gasteiger partial charge < -0.3 is 24.1 Å². The highest BCUT2D eigenvalue weighted by Crippen LogP contribution is 2.39. The predicted molar refractivity (Wildman–Crippen MR) is 116 cm³/mol. The van der Waals surface area contributed by atoms with Crippen LogP contribution in [0.4, 0.5) is 4.79 Å². The number of halogens is 1. The number of amides is 1. The number of methoxy groups -OCH3 is 1. The number of carbonyl (C=O) groups is 1. The Labute approximate surface area is 179 Å². The van der Waals surface area contributed by atoms with Crippen LogP contribution in [0.5, 0.6) is 5.75 Å².